The van der Waals surface area contributed by atoms with Crippen LogP contribution in [0.15, 0.2) is 41.8 Å². The molecule has 7 heteroatoms. The van der Waals surface area contributed by atoms with Crippen LogP contribution in [0.5, 0.6) is 0 Å². The monoisotopic (exact) mass is 426 g/mol. The molecule has 1 saturated carbocycles. The summed E-state index contributed by atoms with van der Waals surface area (Å²) in [7, 11) is 0. The van der Waals surface area contributed by atoms with Crippen molar-refractivity contribution in [1.29, 1.82) is 0 Å². The number of aryl methyl sites for hydroxylation is 1. The summed E-state index contributed by atoms with van der Waals surface area (Å²) >= 11 is 7.13. The zero-order valence-corrected chi connectivity index (χ0v) is 18.2. The van der Waals surface area contributed by atoms with Crippen LogP contribution in [0.3, 0.4) is 0 Å². The van der Waals surface area contributed by atoms with E-state index in [2.05, 4.69) is 52.1 Å². The van der Waals surface area contributed by atoms with Crippen molar-refractivity contribution in [3.63, 3.8) is 0 Å². The summed E-state index contributed by atoms with van der Waals surface area (Å²) in [4.78, 5) is 14.1. The third-order valence-electron chi connectivity index (χ3n) is 5.67. The van der Waals surface area contributed by atoms with E-state index in [1.54, 1.807) is 11.3 Å². The number of benzene rings is 1. The summed E-state index contributed by atoms with van der Waals surface area (Å²) in [6.45, 7) is 2.56. The SMILES string of the molecule is Cc1ccc(-c2n[nH]c(=S)n2CCC(=O)NC(c2cccs2)C2CCCC2)cc1. The number of rotatable bonds is 7. The van der Waals surface area contributed by atoms with Crippen LogP contribution in [-0.4, -0.2) is 20.7 Å². The van der Waals surface area contributed by atoms with Crippen LogP contribution >= 0.6 is 23.6 Å². The maximum Gasteiger partial charge on any atom is 0.222 e. The number of amides is 1. The first kappa shape index (κ1) is 20.0. The van der Waals surface area contributed by atoms with Gasteiger partial charge in [0.2, 0.25) is 5.91 Å². The summed E-state index contributed by atoms with van der Waals surface area (Å²) in [6, 6.07) is 12.5. The molecule has 2 aromatic heterocycles. The van der Waals surface area contributed by atoms with E-state index >= 15 is 0 Å². The average molecular weight is 427 g/mol. The fourth-order valence-corrected chi connectivity index (χ4v) is 5.18. The number of aromatic nitrogens is 3. The van der Waals surface area contributed by atoms with Gasteiger partial charge in [-0.15, -0.1) is 11.3 Å². The molecule has 0 bridgehead atoms. The highest BCUT2D eigenvalue weighted by Crippen LogP contribution is 2.37. The van der Waals surface area contributed by atoms with Gasteiger partial charge in [-0.2, -0.15) is 5.10 Å². The van der Waals surface area contributed by atoms with Crippen LogP contribution < -0.4 is 5.32 Å². The van der Waals surface area contributed by atoms with Crippen LogP contribution in [0.1, 0.15) is 48.6 Å². The Bertz CT molecular complexity index is 998. The minimum atomic E-state index is 0.0632. The van der Waals surface area contributed by atoms with Gasteiger partial charge < -0.3 is 5.32 Å². The Kier molecular flexibility index (Phi) is 6.25. The van der Waals surface area contributed by atoms with Gasteiger partial charge in [0.25, 0.3) is 0 Å². The molecule has 1 atom stereocenters. The molecule has 1 aromatic carbocycles. The Balaban J connectivity index is 1.45. The number of carbonyl (C=O) groups excluding carboxylic acids is 1. The van der Waals surface area contributed by atoms with E-state index in [1.807, 2.05) is 16.7 Å². The number of thiophene rings is 1. The first-order valence-electron chi connectivity index (χ1n) is 10.2. The molecule has 1 aliphatic rings. The molecule has 0 radical (unpaired) electrons. The number of H-pyrrole nitrogens is 1. The van der Waals surface area contributed by atoms with Crippen molar-refractivity contribution in [3.8, 4) is 11.4 Å². The van der Waals surface area contributed by atoms with Gasteiger partial charge in [-0.05, 0) is 49.3 Å². The number of aromatic amines is 1. The zero-order chi connectivity index (χ0) is 20.2. The molecule has 0 spiro atoms. The van der Waals surface area contributed by atoms with E-state index in [0.717, 1.165) is 11.4 Å². The molecule has 1 unspecified atom stereocenters. The van der Waals surface area contributed by atoms with Gasteiger partial charge in [0.1, 0.15) is 0 Å². The number of carbonyl (C=O) groups is 1. The fourth-order valence-electron chi connectivity index (χ4n) is 4.09. The number of hydrogen-bond donors (Lipinski definition) is 2. The zero-order valence-electron chi connectivity index (χ0n) is 16.6. The second-order valence-corrected chi connectivity index (χ2v) is 9.09. The normalized spacial score (nSPS) is 15.5. The minimum absolute atomic E-state index is 0.0632. The van der Waals surface area contributed by atoms with Gasteiger partial charge in [-0.25, -0.2) is 0 Å². The molecule has 5 nitrogen and oxygen atoms in total. The molecule has 1 aliphatic carbocycles. The van der Waals surface area contributed by atoms with E-state index in [9.17, 15) is 4.79 Å². The lowest BCUT2D eigenvalue weighted by Crippen LogP contribution is -2.32. The Labute approximate surface area is 180 Å². The topological polar surface area (TPSA) is 62.7 Å². The lowest BCUT2D eigenvalue weighted by Gasteiger charge is -2.24. The molecule has 2 heterocycles. The number of nitrogens with zero attached hydrogens (tertiary/aromatic N) is 2. The van der Waals surface area contributed by atoms with Crippen molar-refractivity contribution in [1.82, 2.24) is 20.1 Å². The first-order chi connectivity index (χ1) is 14.1. The smallest absolute Gasteiger partial charge is 0.222 e. The molecule has 152 valence electrons. The summed E-state index contributed by atoms with van der Waals surface area (Å²) < 4.78 is 2.45. The summed E-state index contributed by atoms with van der Waals surface area (Å²) in [5.74, 6) is 1.37. The number of hydrogen-bond acceptors (Lipinski definition) is 4. The van der Waals surface area contributed by atoms with Crippen LogP contribution in [0.2, 0.25) is 0 Å². The molecule has 2 N–H and O–H groups in total. The summed E-state index contributed by atoms with van der Waals surface area (Å²) in [5, 5.41) is 12.6. The molecular formula is C22H26N4OS2. The third kappa shape index (κ3) is 4.67. The summed E-state index contributed by atoms with van der Waals surface area (Å²) in [5.41, 5.74) is 2.19. The quantitative estimate of drug-likeness (QED) is 0.496. The third-order valence-corrected chi connectivity index (χ3v) is 6.94. The molecule has 0 saturated heterocycles. The van der Waals surface area contributed by atoms with Crippen molar-refractivity contribution < 1.29 is 4.79 Å². The van der Waals surface area contributed by atoms with Crippen molar-refractivity contribution in [3.05, 3.63) is 57.0 Å². The van der Waals surface area contributed by atoms with Crippen molar-refractivity contribution in [2.75, 3.05) is 0 Å². The minimum Gasteiger partial charge on any atom is -0.348 e. The maximum atomic E-state index is 12.8. The van der Waals surface area contributed by atoms with Crippen LogP contribution in [0, 0.1) is 17.6 Å². The molecule has 29 heavy (non-hydrogen) atoms. The van der Waals surface area contributed by atoms with Gasteiger partial charge in [0.05, 0.1) is 6.04 Å². The second kappa shape index (κ2) is 9.05. The van der Waals surface area contributed by atoms with E-state index in [1.165, 1.54) is 36.1 Å². The lowest BCUT2D eigenvalue weighted by molar-refractivity contribution is -0.122. The lowest BCUT2D eigenvalue weighted by atomic mass is 9.96. The van der Waals surface area contributed by atoms with Gasteiger partial charge >= 0.3 is 0 Å². The van der Waals surface area contributed by atoms with E-state index in [-0.39, 0.29) is 11.9 Å². The molecule has 0 aliphatic heterocycles. The van der Waals surface area contributed by atoms with Crippen molar-refractivity contribution in [2.24, 2.45) is 5.92 Å². The van der Waals surface area contributed by atoms with Crippen LogP contribution in [0.4, 0.5) is 0 Å². The van der Waals surface area contributed by atoms with Gasteiger partial charge in [-0.1, -0.05) is 48.7 Å². The molecule has 3 aromatic rings. The van der Waals surface area contributed by atoms with Gasteiger partial charge in [-0.3, -0.25) is 14.5 Å². The summed E-state index contributed by atoms with van der Waals surface area (Å²) in [6.07, 6.45) is 5.26. The largest absolute Gasteiger partial charge is 0.348 e. The Hall–Kier alpha value is -2.25. The predicted octanol–water partition coefficient (Wildman–Crippen LogP) is 5.42. The van der Waals surface area contributed by atoms with Gasteiger partial charge in [0.15, 0.2) is 10.6 Å². The molecule has 1 amide bonds. The Morgan fingerprint density at radius 1 is 1.31 bits per heavy atom. The van der Waals surface area contributed by atoms with Crippen LogP contribution in [0.25, 0.3) is 11.4 Å². The van der Waals surface area contributed by atoms with Gasteiger partial charge in [0, 0.05) is 23.4 Å². The Morgan fingerprint density at radius 2 is 2.07 bits per heavy atom. The maximum absolute atomic E-state index is 12.8. The van der Waals surface area contributed by atoms with Crippen molar-refractivity contribution >= 4 is 29.5 Å². The van der Waals surface area contributed by atoms with Crippen molar-refractivity contribution in [2.45, 2.75) is 51.6 Å². The predicted molar refractivity (Wildman–Crippen MR) is 119 cm³/mol. The first-order valence-corrected chi connectivity index (χ1v) is 11.5. The highest BCUT2D eigenvalue weighted by molar-refractivity contribution is 7.71. The standard InChI is InChI=1S/C22H26N4OS2/c1-15-8-10-17(11-9-15)21-24-25-22(28)26(21)13-12-19(27)23-20(16-5-2-3-6-16)18-7-4-14-29-18/h4,7-11,14,16,20H,2-3,5-6,12-13H2,1H3,(H,23,27)(H,25,28). The average Bonchev–Trinajstić information content (AvgIpc) is 3.48. The second-order valence-electron chi connectivity index (χ2n) is 7.73. The van der Waals surface area contributed by atoms with Crippen LogP contribution in [-0.2, 0) is 11.3 Å². The van der Waals surface area contributed by atoms with E-state index < -0.39 is 0 Å². The highest BCUT2D eigenvalue weighted by Gasteiger charge is 2.28. The Morgan fingerprint density at radius 3 is 2.76 bits per heavy atom. The van der Waals surface area contributed by atoms with E-state index in [0.29, 0.717) is 23.7 Å². The number of nitrogens with one attached hydrogen (secondary N) is 2. The fraction of sp³-hybridized carbons (Fsp3) is 0.409. The molecule has 4 rings (SSSR count). The van der Waals surface area contributed by atoms with E-state index in [4.69, 9.17) is 12.2 Å². The molecular weight excluding hydrogens is 400 g/mol. The molecule has 1 fully saturated rings. The highest BCUT2D eigenvalue weighted by atomic mass is 32.1.